The monoisotopic (exact) mass is 403 g/mol. The Morgan fingerprint density at radius 1 is 1.23 bits per heavy atom. The van der Waals surface area contributed by atoms with Gasteiger partial charge in [0.2, 0.25) is 11.8 Å². The van der Waals surface area contributed by atoms with Crippen LogP contribution in [0.2, 0.25) is 0 Å². The highest BCUT2D eigenvalue weighted by atomic mass is 16.5. The highest BCUT2D eigenvalue weighted by Gasteiger charge is 2.17. The summed E-state index contributed by atoms with van der Waals surface area (Å²) >= 11 is 0. The van der Waals surface area contributed by atoms with Gasteiger partial charge in [0.25, 0.3) is 0 Å². The lowest BCUT2D eigenvalue weighted by molar-refractivity contribution is -0.125. The second-order valence-corrected chi connectivity index (χ2v) is 7.51. The van der Waals surface area contributed by atoms with Crippen LogP contribution in [0.3, 0.4) is 0 Å². The van der Waals surface area contributed by atoms with Crippen LogP contribution in [0.4, 0.5) is 5.82 Å². The van der Waals surface area contributed by atoms with E-state index in [0.29, 0.717) is 25.2 Å². The maximum absolute atomic E-state index is 12.7. The number of nitrogens with one attached hydrogen (secondary N) is 1. The number of fused-ring (bicyclic) bond motifs is 1. The fourth-order valence-electron chi connectivity index (χ4n) is 3.80. The van der Waals surface area contributed by atoms with Crippen molar-refractivity contribution in [3.05, 3.63) is 65.4 Å². The number of aromatic nitrogens is 1. The van der Waals surface area contributed by atoms with Crippen LogP contribution in [0.15, 0.2) is 48.7 Å². The van der Waals surface area contributed by atoms with Crippen LogP contribution in [-0.2, 0) is 16.0 Å². The number of carbonyl (C=O) groups is 2. The molecule has 6 nitrogen and oxygen atoms in total. The van der Waals surface area contributed by atoms with Crippen LogP contribution in [-0.4, -0.2) is 41.9 Å². The molecule has 1 N–H and O–H groups in total. The maximum atomic E-state index is 12.7. The number of hydrogen-bond donors (Lipinski definition) is 1. The number of allylic oxidation sites excluding steroid dienone is 1. The number of methoxy groups -OCH3 is 1. The third-order valence-corrected chi connectivity index (χ3v) is 5.47. The van der Waals surface area contributed by atoms with Crippen molar-refractivity contribution in [3.63, 3.8) is 0 Å². The quantitative estimate of drug-likeness (QED) is 0.791. The Morgan fingerprint density at radius 2 is 2.13 bits per heavy atom. The number of amides is 2. The summed E-state index contributed by atoms with van der Waals surface area (Å²) in [5, 5.41) is 2.77. The van der Waals surface area contributed by atoms with E-state index in [0.717, 1.165) is 41.8 Å². The summed E-state index contributed by atoms with van der Waals surface area (Å²) in [5.74, 6) is 1.45. The molecule has 1 aromatic heterocycles. The van der Waals surface area contributed by atoms with Gasteiger partial charge in [-0.25, -0.2) is 4.98 Å². The molecule has 154 valence electrons. The van der Waals surface area contributed by atoms with E-state index in [1.807, 2.05) is 29.2 Å². The summed E-state index contributed by atoms with van der Waals surface area (Å²) in [6, 6.07) is 10.0. The fourth-order valence-corrected chi connectivity index (χ4v) is 3.80. The van der Waals surface area contributed by atoms with Crippen LogP contribution < -0.4 is 10.1 Å². The van der Waals surface area contributed by atoms with E-state index >= 15 is 0 Å². The number of hydrogen-bond acceptors (Lipinski definition) is 4. The number of carbonyl (C=O) groups excluding carboxylic acids is 2. The number of nitrogens with zero attached hydrogens (tertiary/aromatic N) is 2. The standard InChI is InChI=1S/C24H25N3O3/c1-30-21-6-2-4-19(15-21)18-5-3-12-27(13-11-18)23(29)10-7-17-14-20-8-9-22(28)26-24(20)25-16-17/h2,4,6-7,10-11,14-16H,3,5,8-9,12-13H2,1H3,(H,25,26,28). The number of pyridine rings is 1. The van der Waals surface area contributed by atoms with Crippen molar-refractivity contribution in [3.8, 4) is 5.75 Å². The van der Waals surface area contributed by atoms with Gasteiger partial charge < -0.3 is 15.0 Å². The molecule has 0 spiro atoms. The van der Waals surface area contributed by atoms with Crippen LogP contribution in [0.5, 0.6) is 5.75 Å². The molecule has 0 saturated heterocycles. The lowest BCUT2D eigenvalue weighted by Crippen LogP contribution is -2.29. The van der Waals surface area contributed by atoms with Gasteiger partial charge in [0, 0.05) is 31.8 Å². The molecule has 0 bridgehead atoms. The predicted molar refractivity (Wildman–Crippen MR) is 117 cm³/mol. The minimum absolute atomic E-state index is 0.00370. The Balaban J connectivity index is 1.42. The molecule has 2 aliphatic rings. The van der Waals surface area contributed by atoms with Crippen LogP contribution in [0.1, 0.15) is 36.0 Å². The lowest BCUT2D eigenvalue weighted by Gasteiger charge is -2.17. The smallest absolute Gasteiger partial charge is 0.246 e. The predicted octanol–water partition coefficient (Wildman–Crippen LogP) is 3.69. The van der Waals surface area contributed by atoms with E-state index in [1.54, 1.807) is 25.5 Å². The SMILES string of the molecule is COc1cccc(C2=CCN(C(=O)C=Cc3cnc4c(c3)CCC(=O)N4)CCC2)c1. The first-order chi connectivity index (χ1) is 14.6. The molecule has 6 heteroatoms. The minimum atomic E-state index is -0.0100. The molecular weight excluding hydrogens is 378 g/mol. The molecule has 3 heterocycles. The number of benzene rings is 1. The van der Waals surface area contributed by atoms with Gasteiger partial charge in [-0.1, -0.05) is 18.2 Å². The minimum Gasteiger partial charge on any atom is -0.497 e. The third kappa shape index (κ3) is 4.59. The summed E-state index contributed by atoms with van der Waals surface area (Å²) in [6.45, 7) is 1.31. The molecule has 1 aromatic carbocycles. The molecule has 0 radical (unpaired) electrons. The highest BCUT2D eigenvalue weighted by molar-refractivity contribution is 5.94. The molecule has 30 heavy (non-hydrogen) atoms. The summed E-state index contributed by atoms with van der Waals surface area (Å²) in [4.78, 5) is 30.3. The third-order valence-electron chi connectivity index (χ3n) is 5.47. The van der Waals surface area contributed by atoms with Crippen molar-refractivity contribution in [1.82, 2.24) is 9.88 Å². The topological polar surface area (TPSA) is 71.5 Å². The molecule has 0 saturated carbocycles. The Labute approximate surface area is 176 Å². The molecule has 0 atom stereocenters. The summed E-state index contributed by atoms with van der Waals surface area (Å²) in [6.07, 6.45) is 10.2. The molecule has 0 aliphatic carbocycles. The van der Waals surface area contributed by atoms with Crippen LogP contribution >= 0.6 is 0 Å². The van der Waals surface area contributed by atoms with E-state index in [-0.39, 0.29) is 11.8 Å². The van der Waals surface area contributed by atoms with Crippen molar-refractivity contribution < 1.29 is 14.3 Å². The summed E-state index contributed by atoms with van der Waals surface area (Å²) in [5.41, 5.74) is 4.26. The van der Waals surface area contributed by atoms with Crippen LogP contribution in [0.25, 0.3) is 11.6 Å². The zero-order valence-corrected chi connectivity index (χ0v) is 17.1. The van der Waals surface area contributed by atoms with E-state index < -0.39 is 0 Å². The van der Waals surface area contributed by atoms with Crippen molar-refractivity contribution in [2.24, 2.45) is 0 Å². The van der Waals surface area contributed by atoms with Gasteiger partial charge in [0.1, 0.15) is 11.6 Å². The summed E-state index contributed by atoms with van der Waals surface area (Å²) < 4.78 is 5.32. The normalized spacial score (nSPS) is 16.5. The Kier molecular flexibility index (Phi) is 5.93. The number of rotatable bonds is 4. The first-order valence-electron chi connectivity index (χ1n) is 10.2. The number of ether oxygens (including phenoxy) is 1. The summed E-state index contributed by atoms with van der Waals surface area (Å²) in [7, 11) is 1.67. The van der Waals surface area contributed by atoms with E-state index in [4.69, 9.17) is 4.74 Å². The molecule has 0 unspecified atom stereocenters. The van der Waals surface area contributed by atoms with Gasteiger partial charge in [-0.15, -0.1) is 0 Å². The van der Waals surface area contributed by atoms with E-state index in [9.17, 15) is 9.59 Å². The van der Waals surface area contributed by atoms with Crippen molar-refractivity contribution in [2.45, 2.75) is 25.7 Å². The molecule has 4 rings (SSSR count). The first-order valence-corrected chi connectivity index (χ1v) is 10.2. The Bertz CT molecular complexity index is 1030. The molecular formula is C24H25N3O3. The van der Waals surface area contributed by atoms with Gasteiger partial charge in [-0.2, -0.15) is 0 Å². The van der Waals surface area contributed by atoms with E-state index in [1.165, 1.54) is 5.57 Å². The highest BCUT2D eigenvalue weighted by Crippen LogP contribution is 2.26. The van der Waals surface area contributed by atoms with Crippen molar-refractivity contribution >= 4 is 29.3 Å². The van der Waals surface area contributed by atoms with Gasteiger partial charge >= 0.3 is 0 Å². The molecule has 2 aliphatic heterocycles. The molecule has 2 aromatic rings. The number of anilines is 1. The zero-order chi connectivity index (χ0) is 20.9. The van der Waals surface area contributed by atoms with Gasteiger partial charge in [0.05, 0.1) is 7.11 Å². The Morgan fingerprint density at radius 3 is 3.00 bits per heavy atom. The lowest BCUT2D eigenvalue weighted by atomic mass is 10.0. The van der Waals surface area contributed by atoms with Crippen molar-refractivity contribution in [1.29, 1.82) is 0 Å². The first kappa shape index (κ1) is 19.9. The Hall–Kier alpha value is -3.41. The second kappa shape index (κ2) is 8.95. The van der Waals surface area contributed by atoms with Crippen molar-refractivity contribution in [2.75, 3.05) is 25.5 Å². The fraction of sp³-hybridized carbons (Fsp3) is 0.292. The van der Waals surface area contributed by atoms with Gasteiger partial charge in [0.15, 0.2) is 0 Å². The average Bonchev–Trinajstić information content (AvgIpc) is 3.04. The van der Waals surface area contributed by atoms with Gasteiger partial charge in [-0.3, -0.25) is 9.59 Å². The maximum Gasteiger partial charge on any atom is 0.246 e. The molecule has 2 amide bonds. The number of aryl methyl sites for hydroxylation is 1. The average molecular weight is 403 g/mol. The van der Waals surface area contributed by atoms with E-state index in [2.05, 4.69) is 22.4 Å². The molecule has 0 fully saturated rings. The van der Waals surface area contributed by atoms with Crippen LogP contribution in [0, 0.1) is 0 Å². The second-order valence-electron chi connectivity index (χ2n) is 7.51. The zero-order valence-electron chi connectivity index (χ0n) is 17.1. The largest absolute Gasteiger partial charge is 0.497 e. The van der Waals surface area contributed by atoms with Gasteiger partial charge in [-0.05, 0) is 65.8 Å².